The highest BCUT2D eigenvalue weighted by molar-refractivity contribution is 5.89. The van der Waals surface area contributed by atoms with E-state index < -0.39 is 18.0 Å². The first-order valence-corrected chi connectivity index (χ1v) is 7.29. The molecule has 1 unspecified atom stereocenters. The Balaban J connectivity index is 2.69. The van der Waals surface area contributed by atoms with Gasteiger partial charge in [-0.05, 0) is 44.5 Å². The zero-order valence-corrected chi connectivity index (χ0v) is 13.3. The zero-order chi connectivity index (χ0) is 16.5. The fourth-order valence-electron chi connectivity index (χ4n) is 1.67. The van der Waals surface area contributed by atoms with Crippen LogP contribution in [0.5, 0.6) is 11.5 Å². The van der Waals surface area contributed by atoms with Crippen LogP contribution >= 0.6 is 0 Å². The number of carbonyl (C=O) groups is 2. The highest BCUT2D eigenvalue weighted by atomic mass is 16.6. The van der Waals surface area contributed by atoms with E-state index in [1.807, 2.05) is 13.8 Å². The van der Waals surface area contributed by atoms with Gasteiger partial charge in [0.1, 0.15) is 11.5 Å². The van der Waals surface area contributed by atoms with Gasteiger partial charge in [0.2, 0.25) is 0 Å². The molecule has 0 aliphatic carbocycles. The summed E-state index contributed by atoms with van der Waals surface area (Å²) in [5.41, 5.74) is 0.245. The Morgan fingerprint density at radius 3 is 2.23 bits per heavy atom. The average Bonchev–Trinajstić information content (AvgIpc) is 2.48. The van der Waals surface area contributed by atoms with Gasteiger partial charge in [-0.15, -0.1) is 0 Å². The molecule has 22 heavy (non-hydrogen) atoms. The Labute approximate surface area is 130 Å². The molecule has 5 nitrogen and oxygen atoms in total. The Kier molecular flexibility index (Phi) is 7.16. The number of esters is 2. The average molecular weight is 306 g/mol. The maximum Gasteiger partial charge on any atom is 0.352 e. The van der Waals surface area contributed by atoms with Crippen molar-refractivity contribution in [2.75, 3.05) is 6.61 Å². The second-order valence-corrected chi connectivity index (χ2v) is 4.79. The van der Waals surface area contributed by atoms with Gasteiger partial charge in [0.25, 0.3) is 0 Å². The quantitative estimate of drug-likeness (QED) is 0.419. The summed E-state index contributed by atoms with van der Waals surface area (Å²) >= 11 is 0. The molecule has 0 saturated carbocycles. The van der Waals surface area contributed by atoms with Gasteiger partial charge in [-0.2, -0.15) is 0 Å². The summed E-state index contributed by atoms with van der Waals surface area (Å²) in [6, 6.07) is 6.68. The van der Waals surface area contributed by atoms with E-state index in [-0.39, 0.29) is 5.57 Å². The topological polar surface area (TPSA) is 61.8 Å². The number of hydrogen-bond donors (Lipinski definition) is 0. The molecule has 0 fully saturated rings. The van der Waals surface area contributed by atoms with Gasteiger partial charge in [-0.25, -0.2) is 9.59 Å². The van der Waals surface area contributed by atoms with Gasteiger partial charge in [-0.1, -0.05) is 19.9 Å². The maximum absolute atomic E-state index is 12.1. The normalized spacial score (nSPS) is 11.4. The molecule has 0 aromatic heterocycles. The molecule has 1 atom stereocenters. The van der Waals surface area contributed by atoms with Gasteiger partial charge >= 0.3 is 11.9 Å². The Morgan fingerprint density at radius 1 is 1.14 bits per heavy atom. The van der Waals surface area contributed by atoms with Gasteiger partial charge in [0.05, 0.1) is 6.61 Å². The predicted octanol–water partition coefficient (Wildman–Crippen LogP) is 3.28. The second kappa shape index (κ2) is 8.87. The van der Waals surface area contributed by atoms with Crippen molar-refractivity contribution in [3.63, 3.8) is 0 Å². The van der Waals surface area contributed by atoms with Crippen LogP contribution in [-0.2, 0) is 14.3 Å². The third-order valence-electron chi connectivity index (χ3n) is 2.76. The molecular formula is C17H22O5. The van der Waals surface area contributed by atoms with E-state index in [1.165, 1.54) is 6.92 Å². The van der Waals surface area contributed by atoms with Crippen LogP contribution in [0.2, 0.25) is 0 Å². The first kappa shape index (κ1) is 17.8. The monoisotopic (exact) mass is 306 g/mol. The largest absolute Gasteiger partial charge is 0.494 e. The Morgan fingerprint density at radius 2 is 1.73 bits per heavy atom. The van der Waals surface area contributed by atoms with Crippen molar-refractivity contribution in [3.8, 4) is 11.5 Å². The van der Waals surface area contributed by atoms with Crippen molar-refractivity contribution in [1.29, 1.82) is 0 Å². The Hall–Kier alpha value is -2.30. The molecule has 0 spiro atoms. The molecule has 1 aromatic rings. The van der Waals surface area contributed by atoms with Gasteiger partial charge in [0.15, 0.2) is 6.10 Å². The van der Waals surface area contributed by atoms with Crippen molar-refractivity contribution < 1.29 is 23.8 Å². The van der Waals surface area contributed by atoms with Crippen molar-refractivity contribution in [1.82, 2.24) is 0 Å². The van der Waals surface area contributed by atoms with E-state index in [0.717, 1.165) is 0 Å². The first-order chi connectivity index (χ1) is 10.5. The standard InChI is InChI=1S/C17H22O5/c1-5-7-15(22-16(18)12(3)4)17(19)21-14-10-8-13(9-11-14)20-6-2/h8-11,15H,3,5-7H2,1-2,4H3. The molecule has 5 heteroatoms. The minimum atomic E-state index is -0.930. The van der Waals surface area contributed by atoms with Crippen LogP contribution in [0.25, 0.3) is 0 Å². The van der Waals surface area contributed by atoms with E-state index >= 15 is 0 Å². The minimum absolute atomic E-state index is 0.245. The van der Waals surface area contributed by atoms with E-state index in [9.17, 15) is 9.59 Å². The first-order valence-electron chi connectivity index (χ1n) is 7.29. The Bertz CT molecular complexity index is 518. The van der Waals surface area contributed by atoms with Crippen LogP contribution in [0.4, 0.5) is 0 Å². The highest BCUT2D eigenvalue weighted by Gasteiger charge is 2.24. The number of hydrogen-bond acceptors (Lipinski definition) is 5. The van der Waals surface area contributed by atoms with Crippen LogP contribution < -0.4 is 9.47 Å². The molecule has 120 valence electrons. The maximum atomic E-state index is 12.1. The summed E-state index contributed by atoms with van der Waals surface area (Å²) in [5.74, 6) is -0.121. The lowest BCUT2D eigenvalue weighted by Crippen LogP contribution is -2.31. The number of carbonyl (C=O) groups excluding carboxylic acids is 2. The summed E-state index contributed by atoms with van der Waals surface area (Å²) in [6.45, 7) is 9.38. The number of rotatable bonds is 8. The van der Waals surface area contributed by atoms with Crippen molar-refractivity contribution >= 4 is 11.9 Å². The smallest absolute Gasteiger partial charge is 0.352 e. The summed E-state index contributed by atoms with van der Waals surface area (Å²) in [4.78, 5) is 23.7. The fraction of sp³-hybridized carbons (Fsp3) is 0.412. The molecule has 1 rings (SSSR count). The van der Waals surface area contributed by atoms with Gasteiger partial charge in [0, 0.05) is 5.57 Å². The molecule has 1 aromatic carbocycles. The molecule has 0 saturated heterocycles. The zero-order valence-electron chi connectivity index (χ0n) is 13.3. The second-order valence-electron chi connectivity index (χ2n) is 4.79. The van der Waals surface area contributed by atoms with Gasteiger partial charge < -0.3 is 14.2 Å². The van der Waals surface area contributed by atoms with E-state index in [0.29, 0.717) is 30.9 Å². The molecular weight excluding hydrogens is 284 g/mol. The molecule has 0 bridgehead atoms. The molecule has 0 amide bonds. The summed E-state index contributed by atoms with van der Waals surface area (Å²) < 4.78 is 15.7. The lowest BCUT2D eigenvalue weighted by Gasteiger charge is -2.16. The lowest BCUT2D eigenvalue weighted by molar-refractivity contribution is -0.159. The summed E-state index contributed by atoms with van der Waals surface area (Å²) in [7, 11) is 0. The van der Waals surface area contributed by atoms with E-state index in [1.54, 1.807) is 24.3 Å². The van der Waals surface area contributed by atoms with Crippen molar-refractivity contribution in [3.05, 3.63) is 36.4 Å². The minimum Gasteiger partial charge on any atom is -0.494 e. The number of ether oxygens (including phenoxy) is 3. The molecule has 0 aliphatic rings. The van der Waals surface area contributed by atoms with Crippen LogP contribution in [0, 0.1) is 0 Å². The molecule has 0 heterocycles. The molecule has 0 radical (unpaired) electrons. The SMILES string of the molecule is C=C(C)C(=O)OC(CCC)C(=O)Oc1ccc(OCC)cc1. The highest BCUT2D eigenvalue weighted by Crippen LogP contribution is 2.19. The van der Waals surface area contributed by atoms with Crippen LogP contribution in [0.1, 0.15) is 33.6 Å². The predicted molar refractivity (Wildman–Crippen MR) is 82.8 cm³/mol. The lowest BCUT2D eigenvalue weighted by atomic mass is 10.2. The van der Waals surface area contributed by atoms with Crippen LogP contribution in [0.15, 0.2) is 36.4 Å². The molecule has 0 N–H and O–H groups in total. The van der Waals surface area contributed by atoms with Gasteiger partial charge in [-0.3, -0.25) is 0 Å². The van der Waals surface area contributed by atoms with Crippen LogP contribution in [0.3, 0.4) is 0 Å². The summed E-state index contributed by atoms with van der Waals surface area (Å²) in [6.07, 6.45) is 0.155. The third-order valence-corrected chi connectivity index (χ3v) is 2.76. The fourth-order valence-corrected chi connectivity index (χ4v) is 1.67. The van der Waals surface area contributed by atoms with Crippen molar-refractivity contribution in [2.45, 2.75) is 39.7 Å². The van der Waals surface area contributed by atoms with Crippen LogP contribution in [-0.4, -0.2) is 24.6 Å². The molecule has 0 aliphatic heterocycles. The van der Waals surface area contributed by atoms with E-state index in [2.05, 4.69) is 6.58 Å². The van der Waals surface area contributed by atoms with Crippen molar-refractivity contribution in [2.24, 2.45) is 0 Å². The third kappa shape index (κ3) is 5.60. The van der Waals surface area contributed by atoms with E-state index in [4.69, 9.17) is 14.2 Å². The summed E-state index contributed by atoms with van der Waals surface area (Å²) in [5, 5.41) is 0. The number of benzene rings is 1.